The van der Waals surface area contributed by atoms with Gasteiger partial charge < -0.3 is 10.2 Å². The molecule has 1 aliphatic rings. The zero-order valence-electron chi connectivity index (χ0n) is 14.7. The van der Waals surface area contributed by atoms with E-state index in [1.165, 1.54) is 25.7 Å². The second-order valence-corrected chi connectivity index (χ2v) is 6.82. The quantitative estimate of drug-likeness (QED) is 0.766. The van der Waals surface area contributed by atoms with E-state index in [0.717, 1.165) is 27.8 Å². The molecule has 0 bridgehead atoms. The monoisotopic (exact) mass is 336 g/mol. The predicted molar refractivity (Wildman–Crippen MR) is 101 cm³/mol. The van der Waals surface area contributed by atoms with Crippen LogP contribution in [0.5, 0.6) is 0 Å². The lowest BCUT2D eigenvalue weighted by atomic mass is 9.90. The fourth-order valence-corrected chi connectivity index (χ4v) is 3.84. The third-order valence-electron chi connectivity index (χ3n) is 5.43. The molecule has 0 saturated heterocycles. The number of fused-ring (bicyclic) bond motifs is 1. The Hall–Kier alpha value is -2.47. The molecule has 1 saturated carbocycles. The number of anilines is 1. The Bertz CT molecular complexity index is 836. The highest BCUT2D eigenvalue weighted by Gasteiger charge is 2.25. The number of hydrogen-bond acceptors (Lipinski definition) is 5. The fourth-order valence-electron chi connectivity index (χ4n) is 3.84. The van der Waals surface area contributed by atoms with E-state index in [1.807, 2.05) is 12.4 Å². The van der Waals surface area contributed by atoms with Gasteiger partial charge in [0.15, 0.2) is 0 Å². The normalized spacial score (nSPS) is 20.7. The summed E-state index contributed by atoms with van der Waals surface area (Å²) in [5.74, 6) is 1.02. The number of benzene rings is 1. The van der Waals surface area contributed by atoms with Gasteiger partial charge in [0.2, 0.25) is 0 Å². The maximum Gasteiger partial charge on any atom is 0.139 e. The average Bonchev–Trinajstić information content (AvgIpc) is 3.21. The van der Waals surface area contributed by atoms with E-state index < -0.39 is 0 Å². The standard InChI is InChI=1S/C19H24N6/c1-20-15-4-6-16(7-5-15)25(2)19-17-9-13(14-10-23-24-11-14)3-8-18(17)21-12-22-19/h3,8-12,15-16,20H,4-7H2,1-2H3,(H,23,24). The smallest absolute Gasteiger partial charge is 0.139 e. The van der Waals surface area contributed by atoms with Gasteiger partial charge in [-0.2, -0.15) is 5.10 Å². The predicted octanol–water partition coefficient (Wildman–Crippen LogP) is 2.99. The second kappa shape index (κ2) is 6.80. The molecular formula is C19H24N6. The first-order valence-corrected chi connectivity index (χ1v) is 8.90. The molecule has 2 N–H and O–H groups in total. The molecule has 3 aromatic rings. The molecule has 0 amide bonds. The lowest BCUT2D eigenvalue weighted by Crippen LogP contribution is -2.40. The lowest BCUT2D eigenvalue weighted by Gasteiger charge is -2.35. The van der Waals surface area contributed by atoms with Crippen LogP contribution in [-0.4, -0.2) is 46.3 Å². The van der Waals surface area contributed by atoms with Crippen LogP contribution in [0.1, 0.15) is 25.7 Å². The number of rotatable bonds is 4. The topological polar surface area (TPSA) is 69.7 Å². The van der Waals surface area contributed by atoms with E-state index in [9.17, 15) is 0 Å². The summed E-state index contributed by atoms with van der Waals surface area (Å²) < 4.78 is 0. The highest BCUT2D eigenvalue weighted by molar-refractivity contribution is 5.92. The van der Waals surface area contributed by atoms with Crippen molar-refractivity contribution in [3.05, 3.63) is 36.9 Å². The highest BCUT2D eigenvalue weighted by atomic mass is 15.2. The summed E-state index contributed by atoms with van der Waals surface area (Å²) in [7, 11) is 4.22. The Balaban J connectivity index is 1.68. The minimum absolute atomic E-state index is 0.528. The molecule has 1 aromatic carbocycles. The zero-order chi connectivity index (χ0) is 17.2. The van der Waals surface area contributed by atoms with Crippen LogP contribution in [0.4, 0.5) is 5.82 Å². The molecule has 1 fully saturated rings. The first-order chi connectivity index (χ1) is 12.3. The van der Waals surface area contributed by atoms with Gasteiger partial charge in [-0.15, -0.1) is 0 Å². The third-order valence-corrected chi connectivity index (χ3v) is 5.43. The largest absolute Gasteiger partial charge is 0.356 e. The molecule has 1 aliphatic carbocycles. The van der Waals surface area contributed by atoms with Gasteiger partial charge in [-0.05, 0) is 50.4 Å². The molecule has 25 heavy (non-hydrogen) atoms. The van der Waals surface area contributed by atoms with E-state index in [0.29, 0.717) is 12.1 Å². The minimum Gasteiger partial charge on any atom is -0.356 e. The lowest BCUT2D eigenvalue weighted by molar-refractivity contribution is 0.351. The fraction of sp³-hybridized carbons (Fsp3) is 0.421. The van der Waals surface area contributed by atoms with Crippen molar-refractivity contribution < 1.29 is 0 Å². The molecule has 6 nitrogen and oxygen atoms in total. The molecular weight excluding hydrogens is 312 g/mol. The van der Waals surface area contributed by atoms with Gasteiger partial charge in [0, 0.05) is 36.3 Å². The van der Waals surface area contributed by atoms with Gasteiger partial charge in [0.1, 0.15) is 12.1 Å². The summed E-state index contributed by atoms with van der Waals surface area (Å²) in [4.78, 5) is 11.4. The Morgan fingerprint density at radius 2 is 1.96 bits per heavy atom. The van der Waals surface area contributed by atoms with Crippen LogP contribution >= 0.6 is 0 Å². The van der Waals surface area contributed by atoms with Gasteiger partial charge in [0.25, 0.3) is 0 Å². The Labute approximate surface area is 147 Å². The number of nitrogens with zero attached hydrogens (tertiary/aromatic N) is 4. The van der Waals surface area contributed by atoms with Gasteiger partial charge in [-0.1, -0.05) is 6.07 Å². The zero-order valence-corrected chi connectivity index (χ0v) is 14.7. The molecule has 2 heterocycles. The number of aromatic amines is 1. The first kappa shape index (κ1) is 16.0. The van der Waals surface area contributed by atoms with Crippen molar-refractivity contribution in [3.8, 4) is 11.1 Å². The summed E-state index contributed by atoms with van der Waals surface area (Å²) >= 11 is 0. The maximum absolute atomic E-state index is 4.62. The Morgan fingerprint density at radius 3 is 2.68 bits per heavy atom. The second-order valence-electron chi connectivity index (χ2n) is 6.82. The number of hydrogen-bond donors (Lipinski definition) is 2. The van der Waals surface area contributed by atoms with Crippen LogP contribution in [0.15, 0.2) is 36.9 Å². The van der Waals surface area contributed by atoms with Crippen molar-refractivity contribution in [2.75, 3.05) is 19.0 Å². The van der Waals surface area contributed by atoms with Gasteiger partial charge >= 0.3 is 0 Å². The van der Waals surface area contributed by atoms with Crippen LogP contribution in [0.25, 0.3) is 22.0 Å². The van der Waals surface area contributed by atoms with E-state index in [1.54, 1.807) is 6.33 Å². The third kappa shape index (κ3) is 3.09. The number of nitrogens with one attached hydrogen (secondary N) is 2. The number of aromatic nitrogens is 4. The van der Waals surface area contributed by atoms with Crippen LogP contribution in [0.3, 0.4) is 0 Å². The van der Waals surface area contributed by atoms with Crippen molar-refractivity contribution in [3.63, 3.8) is 0 Å². The minimum atomic E-state index is 0.528. The molecule has 0 atom stereocenters. The van der Waals surface area contributed by atoms with E-state index in [2.05, 4.69) is 62.7 Å². The molecule has 2 aromatic heterocycles. The first-order valence-electron chi connectivity index (χ1n) is 8.90. The average molecular weight is 336 g/mol. The molecule has 0 spiro atoms. The SMILES string of the molecule is CNC1CCC(N(C)c2ncnc3ccc(-c4cn[nH]c4)cc23)CC1. The van der Waals surface area contributed by atoms with Crippen molar-refractivity contribution in [1.29, 1.82) is 0 Å². The van der Waals surface area contributed by atoms with Gasteiger partial charge in [-0.25, -0.2) is 9.97 Å². The maximum atomic E-state index is 4.62. The van der Waals surface area contributed by atoms with Gasteiger partial charge in [0.05, 0.1) is 11.7 Å². The van der Waals surface area contributed by atoms with E-state index in [4.69, 9.17) is 0 Å². The van der Waals surface area contributed by atoms with Crippen LogP contribution in [-0.2, 0) is 0 Å². The molecule has 4 rings (SSSR count). The Morgan fingerprint density at radius 1 is 1.12 bits per heavy atom. The molecule has 130 valence electrons. The summed E-state index contributed by atoms with van der Waals surface area (Å²) in [5.41, 5.74) is 3.19. The van der Waals surface area contributed by atoms with Crippen molar-refractivity contribution in [2.45, 2.75) is 37.8 Å². The molecule has 0 radical (unpaired) electrons. The van der Waals surface area contributed by atoms with Crippen molar-refractivity contribution in [1.82, 2.24) is 25.5 Å². The summed E-state index contributed by atoms with van der Waals surface area (Å²) in [6.07, 6.45) is 10.2. The number of H-pyrrole nitrogens is 1. The van der Waals surface area contributed by atoms with Crippen LogP contribution in [0, 0.1) is 0 Å². The molecule has 0 unspecified atom stereocenters. The highest BCUT2D eigenvalue weighted by Crippen LogP contribution is 2.31. The van der Waals surface area contributed by atoms with E-state index >= 15 is 0 Å². The van der Waals surface area contributed by atoms with E-state index in [-0.39, 0.29) is 0 Å². The van der Waals surface area contributed by atoms with Crippen molar-refractivity contribution in [2.24, 2.45) is 0 Å². The van der Waals surface area contributed by atoms with Crippen LogP contribution in [0.2, 0.25) is 0 Å². The van der Waals surface area contributed by atoms with Crippen LogP contribution < -0.4 is 10.2 Å². The summed E-state index contributed by atoms with van der Waals surface area (Å²) in [5, 5.41) is 11.4. The Kier molecular flexibility index (Phi) is 4.36. The van der Waals surface area contributed by atoms with Gasteiger partial charge in [-0.3, -0.25) is 5.10 Å². The summed E-state index contributed by atoms with van der Waals surface area (Å²) in [6.45, 7) is 0. The molecule has 6 heteroatoms. The molecule has 0 aliphatic heterocycles. The summed E-state index contributed by atoms with van der Waals surface area (Å²) in [6, 6.07) is 7.50. The van der Waals surface area contributed by atoms with Crippen molar-refractivity contribution >= 4 is 16.7 Å².